The van der Waals surface area contributed by atoms with Crippen molar-refractivity contribution >= 4 is 17.8 Å². The van der Waals surface area contributed by atoms with Crippen molar-refractivity contribution in [1.82, 2.24) is 4.57 Å². The summed E-state index contributed by atoms with van der Waals surface area (Å²) in [6.07, 6.45) is 5.34. The first-order valence-electron chi connectivity index (χ1n) is 9.26. The molecular formula is C22H25NO4. The molecule has 0 N–H and O–H groups in total. The molecular weight excluding hydrogens is 342 g/mol. The molecule has 1 aliphatic heterocycles. The zero-order valence-electron chi connectivity index (χ0n) is 15.8. The van der Waals surface area contributed by atoms with Crippen molar-refractivity contribution in [3.05, 3.63) is 65.0 Å². The largest absolute Gasteiger partial charge is 0.454 e. The molecule has 0 aliphatic carbocycles. The van der Waals surface area contributed by atoms with Crippen LogP contribution >= 0.6 is 0 Å². The highest BCUT2D eigenvalue weighted by Gasteiger charge is 2.21. The molecule has 3 rings (SSSR count). The number of Topliss-reactive ketones (excluding diaryl/α,β-unsaturated/α-hetero) is 1. The van der Waals surface area contributed by atoms with Gasteiger partial charge in [0.1, 0.15) is 0 Å². The van der Waals surface area contributed by atoms with E-state index in [-0.39, 0.29) is 18.5 Å². The molecule has 27 heavy (non-hydrogen) atoms. The molecule has 0 saturated carbocycles. The monoisotopic (exact) mass is 367 g/mol. The van der Waals surface area contributed by atoms with Gasteiger partial charge in [0.15, 0.2) is 6.61 Å². The first-order valence-corrected chi connectivity index (χ1v) is 9.26. The van der Waals surface area contributed by atoms with E-state index in [4.69, 9.17) is 9.47 Å². The molecule has 2 aromatic rings. The third kappa shape index (κ3) is 4.95. The Kier molecular flexibility index (Phi) is 6.24. The lowest BCUT2D eigenvalue weighted by molar-refractivity contribution is -0.136. The summed E-state index contributed by atoms with van der Waals surface area (Å²) in [5.41, 5.74) is 3.41. The van der Waals surface area contributed by atoms with Gasteiger partial charge in [0, 0.05) is 36.2 Å². The smallest absolute Gasteiger partial charge is 0.331 e. The Labute approximate surface area is 159 Å². The molecule has 0 radical (unpaired) electrons. The fraction of sp³-hybridized carbons (Fsp3) is 0.364. The Morgan fingerprint density at radius 1 is 1.26 bits per heavy atom. The molecule has 5 heteroatoms. The molecule has 5 nitrogen and oxygen atoms in total. The van der Waals surface area contributed by atoms with Crippen molar-refractivity contribution < 1.29 is 19.1 Å². The average Bonchev–Trinajstić information content (AvgIpc) is 3.29. The van der Waals surface area contributed by atoms with E-state index in [0.29, 0.717) is 5.56 Å². The second kappa shape index (κ2) is 8.82. The molecule has 2 heterocycles. The van der Waals surface area contributed by atoms with Crippen LogP contribution < -0.4 is 0 Å². The molecule has 1 saturated heterocycles. The maximum atomic E-state index is 12.5. The highest BCUT2D eigenvalue weighted by molar-refractivity contribution is 6.00. The SMILES string of the molecule is Cc1cc(C(=O)COC(=O)/C=C/c2ccccc2)c(C)n1CC1CCCO1. The Morgan fingerprint density at radius 2 is 2.04 bits per heavy atom. The minimum atomic E-state index is -0.527. The van der Waals surface area contributed by atoms with Gasteiger partial charge in [-0.2, -0.15) is 0 Å². The summed E-state index contributed by atoms with van der Waals surface area (Å²) in [7, 11) is 0. The van der Waals surface area contributed by atoms with E-state index in [1.807, 2.05) is 50.2 Å². The summed E-state index contributed by atoms with van der Waals surface area (Å²) in [4.78, 5) is 24.4. The fourth-order valence-electron chi connectivity index (χ4n) is 3.35. The molecule has 0 amide bonds. The van der Waals surface area contributed by atoms with Crippen molar-refractivity contribution in [3.63, 3.8) is 0 Å². The number of hydrogen-bond acceptors (Lipinski definition) is 4. The third-order valence-electron chi connectivity index (χ3n) is 4.84. The molecule has 0 spiro atoms. The van der Waals surface area contributed by atoms with E-state index in [0.717, 1.165) is 42.9 Å². The minimum Gasteiger partial charge on any atom is -0.454 e. The quantitative estimate of drug-likeness (QED) is 0.425. The number of esters is 1. The van der Waals surface area contributed by atoms with Gasteiger partial charge in [-0.1, -0.05) is 30.3 Å². The van der Waals surface area contributed by atoms with Gasteiger partial charge in [-0.15, -0.1) is 0 Å². The van der Waals surface area contributed by atoms with Gasteiger partial charge >= 0.3 is 5.97 Å². The van der Waals surface area contributed by atoms with Crippen LogP contribution in [-0.4, -0.2) is 35.6 Å². The van der Waals surface area contributed by atoms with E-state index >= 15 is 0 Å². The van der Waals surface area contributed by atoms with Gasteiger partial charge in [0.25, 0.3) is 0 Å². The molecule has 1 unspecified atom stereocenters. The first-order chi connectivity index (χ1) is 13.0. The normalized spacial score (nSPS) is 16.7. The van der Waals surface area contributed by atoms with E-state index in [2.05, 4.69) is 4.57 Å². The van der Waals surface area contributed by atoms with Gasteiger partial charge < -0.3 is 14.0 Å². The predicted octanol–water partition coefficient (Wildman–Crippen LogP) is 3.72. The van der Waals surface area contributed by atoms with Crippen LogP contribution in [-0.2, 0) is 20.8 Å². The van der Waals surface area contributed by atoms with Crippen molar-refractivity contribution in [2.75, 3.05) is 13.2 Å². The fourth-order valence-corrected chi connectivity index (χ4v) is 3.35. The van der Waals surface area contributed by atoms with Crippen LogP contribution in [0.15, 0.2) is 42.5 Å². The highest BCUT2D eigenvalue weighted by atomic mass is 16.5. The number of benzene rings is 1. The zero-order valence-corrected chi connectivity index (χ0v) is 15.8. The maximum Gasteiger partial charge on any atom is 0.331 e. The lowest BCUT2D eigenvalue weighted by Gasteiger charge is -2.14. The van der Waals surface area contributed by atoms with E-state index in [1.54, 1.807) is 6.08 Å². The number of carbonyl (C=O) groups is 2. The summed E-state index contributed by atoms with van der Waals surface area (Å²) in [6.45, 7) is 5.20. The second-order valence-electron chi connectivity index (χ2n) is 6.81. The third-order valence-corrected chi connectivity index (χ3v) is 4.84. The Hall–Kier alpha value is -2.66. The van der Waals surface area contributed by atoms with Crippen LogP contribution in [0.1, 0.15) is 40.2 Å². The van der Waals surface area contributed by atoms with Gasteiger partial charge in [-0.3, -0.25) is 4.79 Å². The summed E-state index contributed by atoms with van der Waals surface area (Å²) in [6, 6.07) is 11.3. The lowest BCUT2D eigenvalue weighted by Crippen LogP contribution is -2.18. The number of nitrogens with zero attached hydrogens (tertiary/aromatic N) is 1. The number of ketones is 1. The molecule has 1 aliphatic rings. The topological polar surface area (TPSA) is 57.5 Å². The van der Waals surface area contributed by atoms with Crippen LogP contribution in [0.25, 0.3) is 6.08 Å². The minimum absolute atomic E-state index is 0.192. The van der Waals surface area contributed by atoms with Crippen LogP contribution in [0.3, 0.4) is 0 Å². The van der Waals surface area contributed by atoms with Crippen molar-refractivity contribution in [3.8, 4) is 0 Å². The molecule has 1 fully saturated rings. The number of carbonyl (C=O) groups excluding carboxylic acids is 2. The molecule has 0 bridgehead atoms. The van der Waals surface area contributed by atoms with Crippen molar-refractivity contribution in [2.24, 2.45) is 0 Å². The number of rotatable bonds is 7. The van der Waals surface area contributed by atoms with Crippen molar-refractivity contribution in [2.45, 2.75) is 39.3 Å². The Bertz CT molecular complexity index is 829. The summed E-state index contributed by atoms with van der Waals surface area (Å²) >= 11 is 0. The number of aryl methyl sites for hydroxylation is 1. The van der Waals surface area contributed by atoms with Crippen LogP contribution in [0, 0.1) is 13.8 Å². The summed E-state index contributed by atoms with van der Waals surface area (Å²) < 4.78 is 12.9. The molecule has 142 valence electrons. The zero-order chi connectivity index (χ0) is 19.2. The molecule has 1 aromatic carbocycles. The van der Waals surface area contributed by atoms with Gasteiger partial charge in [0.2, 0.25) is 5.78 Å². The highest BCUT2D eigenvalue weighted by Crippen LogP contribution is 2.20. The first kappa shape index (κ1) is 19.1. The standard InChI is InChI=1S/C22H25NO4/c1-16-13-20(17(2)23(16)14-19-9-6-12-26-19)21(24)15-27-22(25)11-10-18-7-4-3-5-8-18/h3-5,7-8,10-11,13,19H,6,9,12,14-15H2,1-2H3/b11-10+. The predicted molar refractivity (Wildman–Crippen MR) is 104 cm³/mol. The maximum absolute atomic E-state index is 12.5. The Morgan fingerprint density at radius 3 is 2.74 bits per heavy atom. The van der Waals surface area contributed by atoms with Crippen molar-refractivity contribution in [1.29, 1.82) is 0 Å². The summed E-state index contributed by atoms with van der Waals surface area (Å²) in [5.74, 6) is -0.719. The second-order valence-corrected chi connectivity index (χ2v) is 6.81. The number of aromatic nitrogens is 1. The van der Waals surface area contributed by atoms with E-state index in [1.165, 1.54) is 6.08 Å². The van der Waals surface area contributed by atoms with E-state index < -0.39 is 5.97 Å². The number of ether oxygens (including phenoxy) is 2. The Balaban J connectivity index is 1.57. The summed E-state index contributed by atoms with van der Waals surface area (Å²) in [5, 5.41) is 0. The average molecular weight is 367 g/mol. The van der Waals surface area contributed by atoms with Gasteiger partial charge in [-0.05, 0) is 44.4 Å². The van der Waals surface area contributed by atoms with Gasteiger partial charge in [-0.25, -0.2) is 4.79 Å². The molecule has 1 atom stereocenters. The molecule has 1 aromatic heterocycles. The lowest BCUT2D eigenvalue weighted by atomic mass is 10.1. The van der Waals surface area contributed by atoms with E-state index in [9.17, 15) is 9.59 Å². The van der Waals surface area contributed by atoms with Gasteiger partial charge in [0.05, 0.1) is 6.10 Å². The number of hydrogen-bond donors (Lipinski definition) is 0. The van der Waals surface area contributed by atoms with Crippen LogP contribution in [0.5, 0.6) is 0 Å². The van der Waals surface area contributed by atoms with Crippen LogP contribution in [0.2, 0.25) is 0 Å². The van der Waals surface area contributed by atoms with Crippen LogP contribution in [0.4, 0.5) is 0 Å².